The first-order valence-electron chi connectivity index (χ1n) is 12.6. The van der Waals surface area contributed by atoms with E-state index in [9.17, 15) is 9.90 Å². The van der Waals surface area contributed by atoms with Gasteiger partial charge >= 0.3 is 5.97 Å². The highest BCUT2D eigenvalue weighted by Crippen LogP contribution is 2.34. The number of para-hydroxylation sites is 2. The Bertz CT molecular complexity index is 1760. The highest BCUT2D eigenvalue weighted by Gasteiger charge is 2.19. The minimum absolute atomic E-state index is 0.148. The van der Waals surface area contributed by atoms with Crippen LogP contribution >= 0.6 is 45.3 Å². The number of hydrogen-bond acceptors (Lipinski definition) is 14. The van der Waals surface area contributed by atoms with Gasteiger partial charge in [0.25, 0.3) is 0 Å². The van der Waals surface area contributed by atoms with E-state index in [0.29, 0.717) is 43.0 Å². The average molecular weight is 625 g/mol. The summed E-state index contributed by atoms with van der Waals surface area (Å²) in [6.07, 6.45) is -0.708. The number of aromatic nitrogens is 4. The molecule has 0 radical (unpaired) electrons. The lowest BCUT2D eigenvalue weighted by Crippen LogP contribution is -2.10. The van der Waals surface area contributed by atoms with Crippen molar-refractivity contribution in [2.75, 3.05) is 23.8 Å². The van der Waals surface area contributed by atoms with E-state index >= 15 is 0 Å². The molecule has 0 fully saturated rings. The van der Waals surface area contributed by atoms with Crippen LogP contribution < -0.4 is 10.6 Å². The summed E-state index contributed by atoms with van der Waals surface area (Å²) >= 11 is 5.60. The van der Waals surface area contributed by atoms with Crippen LogP contribution in [0.4, 0.5) is 20.5 Å². The summed E-state index contributed by atoms with van der Waals surface area (Å²) in [7, 11) is 0. The summed E-state index contributed by atoms with van der Waals surface area (Å²) in [6.45, 7) is 3.95. The minimum Gasteiger partial charge on any atom is -0.461 e. The largest absolute Gasteiger partial charge is 0.461 e. The SMILES string of the molecule is Cc1nc(Nc2nc3ccccc3s2)sc1C(=O)OCCCOC(O)c1sc(Nc2nc3ccccc3s2)nc1C. The second-order valence-electron chi connectivity index (χ2n) is 8.84. The quantitative estimate of drug-likeness (QED) is 0.0774. The number of carbonyl (C=O) groups excluding carboxylic acids is 1. The van der Waals surface area contributed by atoms with Crippen molar-refractivity contribution in [3.05, 3.63) is 69.7 Å². The molecule has 0 saturated carbocycles. The molecular weight excluding hydrogens is 601 g/mol. The summed E-state index contributed by atoms with van der Waals surface area (Å²) in [6, 6.07) is 15.8. The van der Waals surface area contributed by atoms with Gasteiger partial charge in [-0.25, -0.2) is 24.7 Å². The Morgan fingerprint density at radius 1 is 0.780 bits per heavy atom. The van der Waals surface area contributed by atoms with Crippen molar-refractivity contribution < 1.29 is 19.4 Å². The van der Waals surface area contributed by atoms with Crippen molar-refractivity contribution in [1.29, 1.82) is 0 Å². The van der Waals surface area contributed by atoms with E-state index < -0.39 is 12.3 Å². The predicted molar refractivity (Wildman–Crippen MR) is 165 cm³/mol. The molecule has 0 spiro atoms. The normalized spacial score (nSPS) is 12.2. The van der Waals surface area contributed by atoms with E-state index in [-0.39, 0.29) is 13.2 Å². The van der Waals surface area contributed by atoms with Crippen LogP contribution in [0, 0.1) is 13.8 Å². The molecule has 10 nitrogen and oxygen atoms in total. The molecule has 4 heterocycles. The lowest BCUT2D eigenvalue weighted by Gasteiger charge is -2.10. The maximum atomic E-state index is 12.6. The molecule has 3 N–H and O–H groups in total. The zero-order valence-electron chi connectivity index (χ0n) is 21.9. The third kappa shape index (κ3) is 6.37. The Morgan fingerprint density at radius 3 is 1.98 bits per heavy atom. The van der Waals surface area contributed by atoms with Crippen molar-refractivity contribution >= 4 is 92.3 Å². The molecule has 1 unspecified atom stereocenters. The smallest absolute Gasteiger partial charge is 0.350 e. The number of carbonyl (C=O) groups is 1. The molecule has 0 bridgehead atoms. The number of hydrogen-bond donors (Lipinski definition) is 3. The van der Waals surface area contributed by atoms with Crippen molar-refractivity contribution in [1.82, 2.24) is 19.9 Å². The number of anilines is 4. The van der Waals surface area contributed by atoms with Crippen LogP contribution in [0.15, 0.2) is 48.5 Å². The molecule has 0 aliphatic heterocycles. The van der Waals surface area contributed by atoms with Gasteiger partial charge in [0.1, 0.15) is 4.88 Å². The Kier molecular flexibility index (Phi) is 8.18. The Balaban J connectivity index is 0.964. The third-order valence-electron chi connectivity index (χ3n) is 5.85. The maximum Gasteiger partial charge on any atom is 0.350 e. The summed E-state index contributed by atoms with van der Waals surface area (Å²) < 4.78 is 13.2. The maximum absolute atomic E-state index is 12.6. The van der Waals surface area contributed by atoms with Crippen LogP contribution in [0.25, 0.3) is 20.4 Å². The van der Waals surface area contributed by atoms with Gasteiger partial charge in [0.05, 0.1) is 49.9 Å². The van der Waals surface area contributed by atoms with Gasteiger partial charge in [0.2, 0.25) is 0 Å². The highest BCUT2D eigenvalue weighted by atomic mass is 32.1. The second kappa shape index (κ2) is 12.1. The van der Waals surface area contributed by atoms with Crippen LogP contribution in [-0.2, 0) is 9.47 Å². The molecule has 210 valence electrons. The van der Waals surface area contributed by atoms with Gasteiger partial charge in [0, 0.05) is 6.42 Å². The van der Waals surface area contributed by atoms with E-state index in [1.165, 1.54) is 45.3 Å². The van der Waals surface area contributed by atoms with Crippen molar-refractivity contribution in [2.24, 2.45) is 0 Å². The fourth-order valence-corrected chi connectivity index (χ4v) is 7.54. The molecule has 2 aromatic carbocycles. The lowest BCUT2D eigenvalue weighted by molar-refractivity contribution is -0.103. The monoisotopic (exact) mass is 624 g/mol. The molecule has 6 aromatic rings. The number of esters is 1. The molecule has 0 saturated heterocycles. The number of nitrogens with zero attached hydrogens (tertiary/aromatic N) is 4. The second-order valence-corrected chi connectivity index (χ2v) is 12.9. The van der Waals surface area contributed by atoms with Crippen molar-refractivity contribution in [3.8, 4) is 0 Å². The van der Waals surface area contributed by atoms with Gasteiger partial charge in [-0.3, -0.25) is 0 Å². The van der Waals surface area contributed by atoms with Crippen LogP contribution in [0.1, 0.15) is 38.6 Å². The molecule has 0 aliphatic carbocycles. The number of aryl methyl sites for hydroxylation is 2. The summed E-state index contributed by atoms with van der Waals surface area (Å²) in [5, 5.41) is 19.6. The Labute approximate surface area is 250 Å². The number of benzene rings is 2. The summed E-state index contributed by atoms with van der Waals surface area (Å²) in [5.74, 6) is -0.443. The molecule has 41 heavy (non-hydrogen) atoms. The van der Waals surface area contributed by atoms with Gasteiger partial charge in [-0.2, -0.15) is 0 Å². The molecule has 1 atom stereocenters. The first kappa shape index (κ1) is 27.6. The van der Waals surface area contributed by atoms with Crippen LogP contribution in [0.5, 0.6) is 0 Å². The number of aliphatic hydroxyl groups excluding tert-OH is 1. The zero-order valence-corrected chi connectivity index (χ0v) is 25.2. The molecule has 4 aromatic heterocycles. The standard InChI is InChI=1S/C27H24N6O4S4/c1-14-20(40-24(28-14)32-26-30-16-8-3-5-10-18(16)38-26)22(34)36-12-7-13-37-23(35)21-15(2)29-25(41-21)33-27-31-17-9-4-6-11-19(17)39-27/h3-6,8-11,22,34H,7,12-13H2,1-2H3,(H,28,30,32)(H,29,31,33). The number of aliphatic hydroxyl groups is 1. The molecule has 0 aliphatic rings. The summed E-state index contributed by atoms with van der Waals surface area (Å²) in [5.41, 5.74) is 3.09. The van der Waals surface area contributed by atoms with E-state index in [0.717, 1.165) is 25.6 Å². The van der Waals surface area contributed by atoms with Crippen LogP contribution in [0.2, 0.25) is 0 Å². The Hall–Kier alpha value is -3.53. The molecular formula is C27H24N6O4S4. The Morgan fingerprint density at radius 2 is 1.34 bits per heavy atom. The topological polar surface area (TPSA) is 131 Å². The molecule has 14 heteroatoms. The van der Waals surface area contributed by atoms with Gasteiger partial charge in [0.15, 0.2) is 26.8 Å². The molecule has 0 amide bonds. The van der Waals surface area contributed by atoms with Crippen molar-refractivity contribution in [2.45, 2.75) is 26.6 Å². The van der Waals surface area contributed by atoms with Gasteiger partial charge in [-0.05, 0) is 38.1 Å². The number of rotatable bonds is 11. The summed E-state index contributed by atoms with van der Waals surface area (Å²) in [4.78, 5) is 31.7. The minimum atomic E-state index is -1.13. The number of ether oxygens (including phenoxy) is 2. The number of fused-ring (bicyclic) bond motifs is 2. The third-order valence-corrected chi connectivity index (χ3v) is 9.91. The van der Waals surface area contributed by atoms with E-state index in [1.807, 2.05) is 55.5 Å². The van der Waals surface area contributed by atoms with Crippen molar-refractivity contribution in [3.63, 3.8) is 0 Å². The average Bonchev–Trinajstić information content (AvgIpc) is 3.73. The fraction of sp³-hybridized carbons (Fsp3) is 0.222. The lowest BCUT2D eigenvalue weighted by atomic mass is 10.3. The first-order chi connectivity index (χ1) is 19.9. The number of nitrogens with one attached hydrogen (secondary N) is 2. The zero-order chi connectivity index (χ0) is 28.3. The van der Waals surface area contributed by atoms with Gasteiger partial charge in [-0.1, -0.05) is 69.6 Å². The van der Waals surface area contributed by atoms with E-state index in [1.54, 1.807) is 6.92 Å². The van der Waals surface area contributed by atoms with Gasteiger partial charge in [-0.15, -0.1) is 0 Å². The highest BCUT2D eigenvalue weighted by molar-refractivity contribution is 7.23. The van der Waals surface area contributed by atoms with E-state index in [2.05, 4.69) is 30.6 Å². The van der Waals surface area contributed by atoms with Crippen LogP contribution in [-0.4, -0.2) is 44.2 Å². The van der Waals surface area contributed by atoms with Crippen LogP contribution in [0.3, 0.4) is 0 Å². The van der Waals surface area contributed by atoms with E-state index in [4.69, 9.17) is 9.47 Å². The molecule has 6 rings (SSSR count). The number of thiazole rings is 4. The fourth-order valence-electron chi connectivity index (χ4n) is 3.92. The van der Waals surface area contributed by atoms with Gasteiger partial charge < -0.3 is 25.2 Å². The predicted octanol–water partition coefficient (Wildman–Crippen LogP) is 7.18. The first-order valence-corrected chi connectivity index (χ1v) is 15.9.